The Hall–Kier alpha value is -7.40. The van der Waals surface area contributed by atoms with Gasteiger partial charge >= 0.3 is 0 Å². The largest absolute Gasteiger partial charge is 0.454 e. The number of carbonyl (C=O) groups excluding carboxylic acids is 1. The third-order valence-corrected chi connectivity index (χ3v) is 21.1. The summed E-state index contributed by atoms with van der Waals surface area (Å²) in [4.78, 5) is 15.7. The summed E-state index contributed by atoms with van der Waals surface area (Å²) >= 11 is 10.9. The first-order valence-corrected chi connectivity index (χ1v) is 31.0. The number of ether oxygens (including phenoxy) is 4. The van der Waals surface area contributed by atoms with Gasteiger partial charge in [0.05, 0.1) is 17.1 Å². The Kier molecular flexibility index (Phi) is 15.2. The number of anilines is 1. The summed E-state index contributed by atoms with van der Waals surface area (Å²) in [6.07, 6.45) is 23.6. The molecule has 4 fully saturated rings. The highest BCUT2D eigenvalue weighted by atomic mass is 32.1. The number of thiocarbonyl (C=S) groups is 2. The standard InChI is InChI=1S/C35H35N3O4S.C35H37N3O3S/c1-3-15-35(40)16-14-29-27-11-4-21-17-24(37-38-33(43)36-23-6-9-25(39)10-7-23)8-12-26(21)32(27)28(19-34(29,35)2)22-5-13-30-31(18-22)42-20-41-30;1-3-16-35(39)17-15-29-27-12-9-22-18-25(37-38-33(42)36-24-7-5-4-6-8-24)11-13-26(22)32(27)28(20-34(29,35)2)23-10-14-30-31(19-23)41-21-40-30/h5-7,9-10,13,17-18,27-29,40H,4,8,11-12,14,16,19-20H2,1-2H3,(H,38,43);4-8,10,14,18-19,27-29,39H,9,11-13,15,17,20-21H2,1-2H3,(H2,36,38,42)/t2*27-,28+,29-,34-,35-/m00/s1. The fourth-order valence-corrected chi connectivity index (χ4v) is 17.1. The molecule has 2 heterocycles. The normalized spacial score (nSPS) is 32.3. The van der Waals surface area contributed by atoms with Crippen molar-refractivity contribution in [1.29, 1.82) is 0 Å². The van der Waals surface area contributed by atoms with Crippen molar-refractivity contribution in [3.63, 3.8) is 0 Å². The minimum absolute atomic E-state index is 0.0619. The number of ketones is 1. The Balaban J connectivity index is 0.000000158. The number of hydrogen-bond acceptors (Lipinski definition) is 11. The predicted octanol–water partition coefficient (Wildman–Crippen LogP) is 12.7. The SMILES string of the molecule is CC#C[C@]1(O)CC[C@H]2[C@@H]3CCC4=CC(=NNC(=S)N=C5C=CC(=O)C=C5)CCC4=C3[C@@H](c3ccc4c(c3)OCO4)C[C@@]21C.CC#C[C@]1(O)CC[C@H]2[C@@H]3CCC4=CC(=NNC(=S)Nc5ccccc5)CCC4=C3[C@@H](c3ccc4c(c3)OCO4)C[C@@]21C. The maximum atomic E-state index is 11.9. The van der Waals surface area contributed by atoms with E-state index in [1.807, 2.05) is 56.3 Å². The zero-order valence-corrected chi connectivity index (χ0v) is 50.3. The van der Waals surface area contributed by atoms with E-state index in [0.29, 0.717) is 34.5 Å². The van der Waals surface area contributed by atoms with Gasteiger partial charge in [-0.1, -0.05) is 67.2 Å². The molecule has 85 heavy (non-hydrogen) atoms. The van der Waals surface area contributed by atoms with E-state index in [1.165, 1.54) is 51.1 Å². The summed E-state index contributed by atoms with van der Waals surface area (Å²) in [5, 5.41) is 37.1. The van der Waals surface area contributed by atoms with Crippen LogP contribution < -0.4 is 35.1 Å². The number of carbonyl (C=O) groups is 1. The number of allylic oxidation sites excluding steroid dienone is 12. The van der Waals surface area contributed by atoms with Gasteiger partial charge in [-0.05, 0) is 258 Å². The molecule has 0 unspecified atom stereocenters. The quantitative estimate of drug-likeness (QED) is 0.0711. The number of hydrogen-bond donors (Lipinski definition) is 5. The molecule has 0 amide bonds. The van der Waals surface area contributed by atoms with Crippen LogP contribution in [-0.2, 0) is 4.79 Å². The number of rotatable bonds is 5. The van der Waals surface area contributed by atoms with E-state index in [1.54, 1.807) is 17.7 Å². The second kappa shape index (κ2) is 22.8. The molecule has 3 aromatic rings. The Morgan fingerprint density at radius 1 is 0.612 bits per heavy atom. The van der Waals surface area contributed by atoms with Crippen molar-refractivity contribution in [3.05, 3.63) is 148 Å². The van der Waals surface area contributed by atoms with Crippen LogP contribution in [0.15, 0.2) is 152 Å². The molecule has 5 N–H and O–H groups in total. The Morgan fingerprint density at radius 2 is 1.11 bits per heavy atom. The monoisotopic (exact) mass is 1170 g/mol. The summed E-state index contributed by atoms with van der Waals surface area (Å²) in [6.45, 7) is 8.77. The average molecular weight is 1170 g/mol. The Bertz CT molecular complexity index is 3720. The molecule has 4 saturated carbocycles. The number of nitrogens with one attached hydrogen (secondary N) is 3. The van der Waals surface area contributed by atoms with E-state index < -0.39 is 11.2 Å². The molecule has 3 aromatic carbocycles. The summed E-state index contributed by atoms with van der Waals surface area (Å²) in [5.41, 5.74) is 18.3. The topological polar surface area (TPSA) is 168 Å². The number of nitrogens with zero attached hydrogens (tertiary/aromatic N) is 3. The molecule has 14 rings (SSSR count). The van der Waals surface area contributed by atoms with Gasteiger partial charge in [0, 0.05) is 28.4 Å². The maximum Gasteiger partial charge on any atom is 0.231 e. The van der Waals surface area contributed by atoms with Gasteiger partial charge in [0.25, 0.3) is 0 Å². The van der Waals surface area contributed by atoms with E-state index in [4.69, 9.17) is 43.4 Å². The van der Waals surface area contributed by atoms with Crippen LogP contribution in [0.5, 0.6) is 23.0 Å². The van der Waals surface area contributed by atoms with Gasteiger partial charge in [-0.3, -0.25) is 15.6 Å². The highest BCUT2D eigenvalue weighted by Crippen LogP contribution is 2.69. The van der Waals surface area contributed by atoms with Gasteiger partial charge in [0.15, 0.2) is 33.9 Å². The summed E-state index contributed by atoms with van der Waals surface area (Å²) in [5.74, 6) is 17.7. The summed E-state index contributed by atoms with van der Waals surface area (Å²) in [7, 11) is 0. The smallest absolute Gasteiger partial charge is 0.231 e. The maximum absolute atomic E-state index is 11.9. The molecular formula is C70H72N6O7S2. The van der Waals surface area contributed by atoms with Crippen LogP contribution in [0.25, 0.3) is 0 Å². The van der Waals surface area contributed by atoms with Crippen molar-refractivity contribution in [2.45, 2.75) is 141 Å². The van der Waals surface area contributed by atoms with E-state index in [2.05, 4.69) is 105 Å². The first kappa shape index (κ1) is 56.7. The van der Waals surface area contributed by atoms with E-state index in [9.17, 15) is 15.0 Å². The first-order chi connectivity index (χ1) is 41.2. The summed E-state index contributed by atoms with van der Waals surface area (Å²) < 4.78 is 22.9. The number of aliphatic hydroxyl groups is 2. The lowest BCUT2D eigenvalue weighted by molar-refractivity contribution is -0.110. The van der Waals surface area contributed by atoms with Crippen LogP contribution in [0.3, 0.4) is 0 Å². The van der Waals surface area contributed by atoms with Crippen molar-refractivity contribution >= 4 is 63.3 Å². The minimum atomic E-state index is -0.980. The van der Waals surface area contributed by atoms with Gasteiger partial charge in [0.2, 0.25) is 18.7 Å². The van der Waals surface area contributed by atoms with Gasteiger partial charge in [-0.2, -0.15) is 10.2 Å². The molecule has 0 aromatic heterocycles. The van der Waals surface area contributed by atoms with Crippen LogP contribution >= 0.6 is 24.4 Å². The number of benzene rings is 3. The lowest BCUT2D eigenvalue weighted by atomic mass is 9.51. The van der Waals surface area contributed by atoms with Crippen molar-refractivity contribution in [3.8, 4) is 46.7 Å². The van der Waals surface area contributed by atoms with Crippen molar-refractivity contribution in [2.75, 3.05) is 18.9 Å². The van der Waals surface area contributed by atoms with Gasteiger partial charge < -0.3 is 34.5 Å². The molecule has 436 valence electrons. The molecule has 0 spiro atoms. The summed E-state index contributed by atoms with van der Waals surface area (Å²) in [6, 6.07) is 22.6. The average Bonchev–Trinajstić information content (AvgIpc) is 1.77. The molecule has 0 bridgehead atoms. The van der Waals surface area contributed by atoms with Gasteiger partial charge in [0.1, 0.15) is 11.2 Å². The van der Waals surface area contributed by atoms with Crippen LogP contribution in [0.4, 0.5) is 5.69 Å². The molecule has 15 heteroatoms. The predicted molar refractivity (Wildman–Crippen MR) is 340 cm³/mol. The third-order valence-electron chi connectivity index (χ3n) is 20.8. The number of hydrazone groups is 2. The molecule has 0 saturated heterocycles. The molecule has 13 nitrogen and oxygen atoms in total. The Morgan fingerprint density at radius 3 is 1.61 bits per heavy atom. The van der Waals surface area contributed by atoms with Crippen LogP contribution in [0.2, 0.25) is 0 Å². The minimum Gasteiger partial charge on any atom is -0.454 e. The third kappa shape index (κ3) is 10.4. The fourth-order valence-electron chi connectivity index (χ4n) is 16.8. The Labute approximate surface area is 509 Å². The van der Waals surface area contributed by atoms with E-state index in [-0.39, 0.29) is 47.1 Å². The van der Waals surface area contributed by atoms with Crippen molar-refractivity contribution < 1.29 is 34.0 Å². The van der Waals surface area contributed by atoms with Crippen LogP contribution in [0, 0.1) is 58.2 Å². The highest BCUT2D eigenvalue weighted by Gasteiger charge is 2.64. The van der Waals surface area contributed by atoms with E-state index in [0.717, 1.165) is 130 Å². The molecule has 0 radical (unpaired) electrons. The van der Waals surface area contributed by atoms with Crippen LogP contribution in [0.1, 0.15) is 141 Å². The number of aliphatic imine (C=N–C) groups is 1. The molecule has 9 aliphatic carbocycles. The fraction of sp³-hybridized carbons (Fsp3) is 0.429. The molecular weight excluding hydrogens is 1100 g/mol. The van der Waals surface area contributed by atoms with Gasteiger partial charge in [-0.25, -0.2) is 4.99 Å². The second-order valence-electron chi connectivity index (χ2n) is 25.0. The lowest BCUT2D eigenvalue weighted by Crippen LogP contribution is -2.51. The lowest BCUT2D eigenvalue weighted by Gasteiger charge is -2.53. The van der Waals surface area contributed by atoms with Crippen molar-refractivity contribution in [2.24, 2.45) is 49.7 Å². The van der Waals surface area contributed by atoms with Gasteiger partial charge in [-0.15, -0.1) is 11.8 Å². The molecule has 2 aliphatic heterocycles. The highest BCUT2D eigenvalue weighted by molar-refractivity contribution is 7.80. The van der Waals surface area contributed by atoms with E-state index >= 15 is 0 Å². The van der Waals surface area contributed by atoms with Crippen molar-refractivity contribution in [1.82, 2.24) is 10.9 Å². The number of para-hydroxylation sites is 1. The molecule has 11 aliphatic rings. The molecule has 10 atom stereocenters. The first-order valence-electron chi connectivity index (χ1n) is 30.2. The second-order valence-corrected chi connectivity index (χ2v) is 25.8. The zero-order valence-electron chi connectivity index (χ0n) is 48.7. The number of fused-ring (bicyclic) bond motifs is 10. The zero-order chi connectivity index (χ0) is 58.7. The van der Waals surface area contributed by atoms with Crippen LogP contribution in [-0.4, -0.2) is 68.1 Å².